The first-order valence-corrected chi connectivity index (χ1v) is 8.08. The predicted molar refractivity (Wildman–Crippen MR) is 77.7 cm³/mol. The third kappa shape index (κ3) is 3.38. The van der Waals surface area contributed by atoms with Gasteiger partial charge < -0.3 is 0 Å². The van der Waals surface area contributed by atoms with Crippen LogP contribution in [-0.4, -0.2) is 0 Å². The van der Waals surface area contributed by atoms with Crippen LogP contribution in [-0.2, 0) is 12.8 Å². The van der Waals surface area contributed by atoms with Crippen molar-refractivity contribution in [3.63, 3.8) is 0 Å². The third-order valence-electron chi connectivity index (χ3n) is 5.21. The van der Waals surface area contributed by atoms with Crippen LogP contribution in [0, 0.1) is 17.7 Å². The molecule has 2 aliphatic carbocycles. The van der Waals surface area contributed by atoms with Crippen LogP contribution < -0.4 is 0 Å². The van der Waals surface area contributed by atoms with Gasteiger partial charge in [0.15, 0.2) is 0 Å². The van der Waals surface area contributed by atoms with Gasteiger partial charge in [-0.05, 0) is 60.8 Å². The summed E-state index contributed by atoms with van der Waals surface area (Å²) in [5.74, 6) is 1.78. The van der Waals surface area contributed by atoms with Crippen molar-refractivity contribution < 1.29 is 4.39 Å². The van der Waals surface area contributed by atoms with Crippen LogP contribution in [0.1, 0.15) is 62.5 Å². The molecule has 1 unspecified atom stereocenters. The summed E-state index contributed by atoms with van der Waals surface area (Å²) in [7, 11) is 0. The molecule has 0 bridgehead atoms. The largest absolute Gasteiger partial charge is 0.207 e. The van der Waals surface area contributed by atoms with E-state index in [-0.39, 0.29) is 5.82 Å². The lowest BCUT2D eigenvalue weighted by molar-refractivity contribution is 0.297. The van der Waals surface area contributed by atoms with Crippen LogP contribution >= 0.6 is 0 Å². The number of hydrogen-bond acceptors (Lipinski definition) is 0. The van der Waals surface area contributed by atoms with Crippen LogP contribution in [0.2, 0.25) is 0 Å². The van der Waals surface area contributed by atoms with E-state index >= 15 is 0 Å². The summed E-state index contributed by atoms with van der Waals surface area (Å²) < 4.78 is 13.2. The molecule has 19 heavy (non-hydrogen) atoms. The zero-order valence-corrected chi connectivity index (χ0v) is 11.8. The maximum atomic E-state index is 13.2. The molecular weight excluding hydrogens is 235 g/mol. The zero-order chi connectivity index (χ0) is 13.1. The first kappa shape index (κ1) is 13.1. The van der Waals surface area contributed by atoms with Crippen molar-refractivity contribution >= 4 is 0 Å². The number of rotatable bonds is 3. The Bertz CT molecular complexity index is 418. The minimum absolute atomic E-state index is 0.0700. The molecule has 1 aromatic rings. The molecule has 0 aliphatic heterocycles. The SMILES string of the molecule is Fc1ccc2c(c1)CCC(CCC1CCCCC1)C2. The molecule has 1 saturated carbocycles. The number of aryl methyl sites for hydroxylation is 1. The second-order valence-corrected chi connectivity index (χ2v) is 6.60. The Hall–Kier alpha value is -0.850. The summed E-state index contributed by atoms with van der Waals surface area (Å²) in [6.45, 7) is 0. The van der Waals surface area contributed by atoms with Crippen molar-refractivity contribution in [3.8, 4) is 0 Å². The Kier molecular flexibility index (Phi) is 4.20. The van der Waals surface area contributed by atoms with Gasteiger partial charge in [0.1, 0.15) is 5.82 Å². The Balaban J connectivity index is 1.52. The molecule has 104 valence electrons. The van der Waals surface area contributed by atoms with Crippen LogP contribution in [0.15, 0.2) is 18.2 Å². The second kappa shape index (κ2) is 6.07. The van der Waals surface area contributed by atoms with Crippen LogP contribution in [0.5, 0.6) is 0 Å². The Morgan fingerprint density at radius 3 is 2.53 bits per heavy atom. The topological polar surface area (TPSA) is 0 Å². The van der Waals surface area contributed by atoms with Gasteiger partial charge in [0.25, 0.3) is 0 Å². The van der Waals surface area contributed by atoms with E-state index < -0.39 is 0 Å². The molecule has 0 N–H and O–H groups in total. The standard InChI is InChI=1S/C18H25F/c19-18-11-10-16-12-15(8-9-17(16)13-18)7-6-14-4-2-1-3-5-14/h10-11,13-15H,1-9,12H2. The lowest BCUT2D eigenvalue weighted by Gasteiger charge is -2.27. The fourth-order valence-electron chi connectivity index (χ4n) is 3.99. The van der Waals surface area contributed by atoms with Gasteiger partial charge in [-0.2, -0.15) is 0 Å². The van der Waals surface area contributed by atoms with Crippen molar-refractivity contribution in [2.75, 3.05) is 0 Å². The van der Waals surface area contributed by atoms with Gasteiger partial charge in [-0.25, -0.2) is 4.39 Å². The van der Waals surface area contributed by atoms with Crippen molar-refractivity contribution in [3.05, 3.63) is 35.1 Å². The molecule has 0 saturated heterocycles. The summed E-state index contributed by atoms with van der Waals surface area (Å²) in [4.78, 5) is 0. The van der Waals surface area contributed by atoms with E-state index in [1.54, 1.807) is 12.1 Å². The van der Waals surface area contributed by atoms with Crippen molar-refractivity contribution in [2.24, 2.45) is 11.8 Å². The number of fused-ring (bicyclic) bond motifs is 1. The lowest BCUT2D eigenvalue weighted by atomic mass is 9.78. The average Bonchev–Trinajstić information content (AvgIpc) is 2.46. The predicted octanol–water partition coefficient (Wildman–Crippen LogP) is 5.29. The van der Waals surface area contributed by atoms with E-state index in [9.17, 15) is 4.39 Å². The van der Waals surface area contributed by atoms with E-state index in [1.807, 2.05) is 6.07 Å². The summed E-state index contributed by atoms with van der Waals surface area (Å²) >= 11 is 0. The van der Waals surface area contributed by atoms with Crippen molar-refractivity contribution in [1.82, 2.24) is 0 Å². The van der Waals surface area contributed by atoms with E-state index in [2.05, 4.69) is 0 Å². The molecule has 0 nitrogen and oxygen atoms in total. The number of halogens is 1. The minimum atomic E-state index is -0.0700. The average molecular weight is 260 g/mol. The highest BCUT2D eigenvalue weighted by molar-refractivity contribution is 5.30. The molecular formula is C18H25F. The highest BCUT2D eigenvalue weighted by Gasteiger charge is 2.21. The smallest absolute Gasteiger partial charge is 0.123 e. The zero-order valence-electron chi connectivity index (χ0n) is 11.8. The van der Waals surface area contributed by atoms with Gasteiger partial charge in [-0.1, -0.05) is 44.6 Å². The summed E-state index contributed by atoms with van der Waals surface area (Å²) in [5, 5.41) is 0. The van der Waals surface area contributed by atoms with Gasteiger partial charge >= 0.3 is 0 Å². The molecule has 0 radical (unpaired) electrons. The monoisotopic (exact) mass is 260 g/mol. The first-order chi connectivity index (χ1) is 9.31. The van der Waals surface area contributed by atoms with E-state index in [1.165, 1.54) is 68.9 Å². The Morgan fingerprint density at radius 2 is 1.68 bits per heavy atom. The highest BCUT2D eigenvalue weighted by Crippen LogP contribution is 2.33. The van der Waals surface area contributed by atoms with Crippen molar-refractivity contribution in [2.45, 2.75) is 64.2 Å². The molecule has 2 aliphatic rings. The van der Waals surface area contributed by atoms with Crippen LogP contribution in [0.4, 0.5) is 4.39 Å². The van der Waals surface area contributed by atoms with E-state index in [0.717, 1.165) is 18.3 Å². The summed E-state index contributed by atoms with van der Waals surface area (Å²) in [6.07, 6.45) is 13.7. The van der Waals surface area contributed by atoms with Crippen molar-refractivity contribution in [1.29, 1.82) is 0 Å². The van der Waals surface area contributed by atoms with E-state index in [4.69, 9.17) is 0 Å². The molecule has 1 atom stereocenters. The van der Waals surface area contributed by atoms with Crippen LogP contribution in [0.25, 0.3) is 0 Å². The van der Waals surface area contributed by atoms with Crippen LogP contribution in [0.3, 0.4) is 0 Å². The molecule has 3 rings (SSSR count). The minimum Gasteiger partial charge on any atom is -0.207 e. The molecule has 0 aromatic heterocycles. The van der Waals surface area contributed by atoms with Gasteiger partial charge in [0, 0.05) is 0 Å². The highest BCUT2D eigenvalue weighted by atomic mass is 19.1. The van der Waals surface area contributed by atoms with Gasteiger partial charge in [0.05, 0.1) is 0 Å². The lowest BCUT2D eigenvalue weighted by Crippen LogP contribution is -2.16. The Labute approximate surface area is 116 Å². The van der Waals surface area contributed by atoms with E-state index in [0.29, 0.717) is 0 Å². The summed E-state index contributed by atoms with van der Waals surface area (Å²) in [5.41, 5.74) is 2.66. The number of hydrogen-bond donors (Lipinski definition) is 0. The summed E-state index contributed by atoms with van der Waals surface area (Å²) in [6, 6.07) is 5.38. The molecule has 1 fully saturated rings. The Morgan fingerprint density at radius 1 is 0.895 bits per heavy atom. The maximum Gasteiger partial charge on any atom is 0.123 e. The fourth-order valence-corrected chi connectivity index (χ4v) is 3.99. The fraction of sp³-hybridized carbons (Fsp3) is 0.667. The maximum absolute atomic E-state index is 13.2. The first-order valence-electron chi connectivity index (χ1n) is 8.08. The molecule has 0 amide bonds. The normalized spacial score (nSPS) is 24.2. The molecule has 1 heteroatoms. The quantitative estimate of drug-likeness (QED) is 0.692. The second-order valence-electron chi connectivity index (χ2n) is 6.60. The number of benzene rings is 1. The molecule has 0 heterocycles. The van der Waals surface area contributed by atoms with Gasteiger partial charge in [-0.3, -0.25) is 0 Å². The molecule has 1 aromatic carbocycles. The van der Waals surface area contributed by atoms with Gasteiger partial charge in [-0.15, -0.1) is 0 Å². The third-order valence-corrected chi connectivity index (χ3v) is 5.21. The molecule has 0 spiro atoms. The van der Waals surface area contributed by atoms with Gasteiger partial charge in [0.2, 0.25) is 0 Å².